The normalized spacial score (nSPS) is 32.0. The van der Waals surface area contributed by atoms with Gasteiger partial charge in [0.1, 0.15) is 11.4 Å². The van der Waals surface area contributed by atoms with E-state index in [2.05, 4.69) is 5.32 Å². The van der Waals surface area contributed by atoms with Crippen LogP contribution in [0, 0.1) is 11.3 Å². The van der Waals surface area contributed by atoms with E-state index in [-0.39, 0.29) is 37.6 Å². The van der Waals surface area contributed by atoms with Crippen molar-refractivity contribution in [2.75, 3.05) is 6.54 Å². The van der Waals surface area contributed by atoms with Crippen LogP contribution in [0.2, 0.25) is 0 Å². The average molecular weight is 277 g/mol. The van der Waals surface area contributed by atoms with Gasteiger partial charge in [-0.3, -0.25) is 10.7 Å². The average Bonchev–Trinajstić information content (AvgIpc) is 2.54. The van der Waals surface area contributed by atoms with E-state index in [9.17, 15) is 18.0 Å². The Labute approximate surface area is 109 Å². The summed E-state index contributed by atoms with van der Waals surface area (Å²) in [5, 5.41) is 10.4. The molecule has 0 aromatic rings. The Morgan fingerprint density at radius 1 is 1.42 bits per heavy atom. The summed E-state index contributed by atoms with van der Waals surface area (Å²) in [6, 6.07) is -0.350. The number of hydrogen-bond donors (Lipinski definition) is 2. The quantitative estimate of drug-likeness (QED) is 0.801. The highest BCUT2D eigenvalue weighted by Crippen LogP contribution is 2.45. The summed E-state index contributed by atoms with van der Waals surface area (Å²) in [6.07, 6.45) is -3.04. The molecule has 1 saturated carbocycles. The Bertz CT molecular complexity index is 386. The molecule has 2 fully saturated rings. The fraction of sp³-hybridized carbons (Fsp3) is 0.833. The number of alkyl halides is 3. The van der Waals surface area contributed by atoms with Gasteiger partial charge in [-0.1, -0.05) is 6.92 Å². The fourth-order valence-electron chi connectivity index (χ4n) is 3.10. The molecule has 108 valence electrons. The number of carbonyl (C=O) groups is 1. The molecule has 1 saturated heterocycles. The van der Waals surface area contributed by atoms with Crippen molar-refractivity contribution in [3.63, 3.8) is 0 Å². The van der Waals surface area contributed by atoms with Crippen LogP contribution < -0.4 is 5.32 Å². The second-order valence-electron chi connectivity index (χ2n) is 5.30. The van der Waals surface area contributed by atoms with Gasteiger partial charge >= 0.3 is 12.2 Å². The minimum Gasteiger partial charge on any atom is -0.312 e. The van der Waals surface area contributed by atoms with Gasteiger partial charge in [0.2, 0.25) is 0 Å². The number of nitrogens with one attached hydrogen (secondary N) is 2. The molecule has 1 spiro atoms. The van der Waals surface area contributed by atoms with E-state index in [0.717, 1.165) is 6.42 Å². The van der Waals surface area contributed by atoms with E-state index in [0.29, 0.717) is 6.54 Å². The third-order valence-electron chi connectivity index (χ3n) is 4.18. The second-order valence-corrected chi connectivity index (χ2v) is 5.30. The minimum absolute atomic E-state index is 0.0128. The maximum atomic E-state index is 12.7. The zero-order chi connectivity index (χ0) is 14.3. The molecule has 0 radical (unpaired) electrons. The minimum atomic E-state index is -4.17. The summed E-state index contributed by atoms with van der Waals surface area (Å²) >= 11 is 0. The van der Waals surface area contributed by atoms with E-state index < -0.39 is 17.6 Å². The molecule has 2 N–H and O–H groups in total. The number of nitrogens with zero attached hydrogens (tertiary/aromatic N) is 1. The predicted octanol–water partition coefficient (Wildman–Crippen LogP) is 2.89. The number of carbonyl (C=O) groups excluding carboxylic acids is 1. The number of amidine groups is 1. The molecule has 19 heavy (non-hydrogen) atoms. The highest BCUT2D eigenvalue weighted by molar-refractivity contribution is 6.08. The molecule has 2 rings (SSSR count). The van der Waals surface area contributed by atoms with Crippen molar-refractivity contribution in [1.29, 1.82) is 5.41 Å². The van der Waals surface area contributed by atoms with Crippen molar-refractivity contribution >= 4 is 11.9 Å². The first-order valence-electron chi connectivity index (χ1n) is 6.55. The molecule has 1 aliphatic carbocycles. The Kier molecular flexibility index (Phi) is 3.49. The summed E-state index contributed by atoms with van der Waals surface area (Å²) in [6.45, 7) is 2.38. The molecule has 2 amide bonds. The molecule has 0 aromatic heterocycles. The summed E-state index contributed by atoms with van der Waals surface area (Å²) in [4.78, 5) is 13.3. The number of rotatable bonds is 2. The van der Waals surface area contributed by atoms with E-state index in [1.54, 1.807) is 4.90 Å². The van der Waals surface area contributed by atoms with Crippen molar-refractivity contribution in [1.82, 2.24) is 10.2 Å². The molecule has 1 aliphatic heterocycles. The molecule has 4 nitrogen and oxygen atoms in total. The van der Waals surface area contributed by atoms with Gasteiger partial charge in [-0.2, -0.15) is 13.2 Å². The molecule has 1 heterocycles. The van der Waals surface area contributed by atoms with Gasteiger partial charge in [-0.15, -0.1) is 0 Å². The van der Waals surface area contributed by atoms with Gasteiger partial charge in [0, 0.05) is 6.54 Å². The highest BCUT2D eigenvalue weighted by Gasteiger charge is 2.54. The highest BCUT2D eigenvalue weighted by atomic mass is 19.4. The van der Waals surface area contributed by atoms with Crippen LogP contribution in [0.25, 0.3) is 0 Å². The fourth-order valence-corrected chi connectivity index (χ4v) is 3.10. The van der Waals surface area contributed by atoms with Gasteiger partial charge in [-0.25, -0.2) is 4.79 Å². The van der Waals surface area contributed by atoms with Crippen molar-refractivity contribution < 1.29 is 18.0 Å². The molecule has 0 aromatic carbocycles. The van der Waals surface area contributed by atoms with Crippen molar-refractivity contribution in [2.24, 2.45) is 5.92 Å². The lowest BCUT2D eigenvalue weighted by atomic mass is 9.75. The lowest BCUT2D eigenvalue weighted by molar-refractivity contribution is -0.185. The Balaban J connectivity index is 2.15. The molecule has 0 bridgehead atoms. The summed E-state index contributed by atoms with van der Waals surface area (Å²) in [5.74, 6) is -1.24. The zero-order valence-electron chi connectivity index (χ0n) is 10.8. The number of hydrogen-bond acceptors (Lipinski definition) is 2. The zero-order valence-corrected chi connectivity index (χ0v) is 10.8. The van der Waals surface area contributed by atoms with Crippen LogP contribution in [-0.4, -0.2) is 35.0 Å². The van der Waals surface area contributed by atoms with Crippen LogP contribution in [0.4, 0.5) is 18.0 Å². The number of amides is 2. The topological polar surface area (TPSA) is 56.2 Å². The second kappa shape index (κ2) is 4.68. The Morgan fingerprint density at radius 2 is 2.00 bits per heavy atom. The summed E-state index contributed by atoms with van der Waals surface area (Å²) < 4.78 is 38.1. The first-order chi connectivity index (χ1) is 8.81. The van der Waals surface area contributed by atoms with E-state index in [4.69, 9.17) is 5.41 Å². The van der Waals surface area contributed by atoms with Gasteiger partial charge in [0.15, 0.2) is 0 Å². The molecular formula is C12H18F3N3O. The van der Waals surface area contributed by atoms with Crippen LogP contribution in [0.1, 0.15) is 39.0 Å². The predicted molar refractivity (Wildman–Crippen MR) is 64.0 cm³/mol. The molecule has 7 heteroatoms. The molecule has 0 unspecified atom stereocenters. The summed E-state index contributed by atoms with van der Waals surface area (Å²) in [7, 11) is 0. The van der Waals surface area contributed by atoms with Crippen molar-refractivity contribution in [3.05, 3.63) is 0 Å². The van der Waals surface area contributed by atoms with Gasteiger partial charge in [-0.05, 0) is 32.1 Å². The largest absolute Gasteiger partial charge is 0.391 e. The lowest BCUT2D eigenvalue weighted by Gasteiger charge is -2.42. The first-order valence-corrected chi connectivity index (χ1v) is 6.55. The molecule has 2 aliphatic rings. The lowest BCUT2D eigenvalue weighted by Crippen LogP contribution is -2.53. The molecule has 0 atom stereocenters. The number of halogens is 3. The van der Waals surface area contributed by atoms with Gasteiger partial charge in [0.25, 0.3) is 0 Å². The van der Waals surface area contributed by atoms with E-state index in [1.807, 2.05) is 6.92 Å². The van der Waals surface area contributed by atoms with Crippen LogP contribution in [0.15, 0.2) is 0 Å². The van der Waals surface area contributed by atoms with Crippen molar-refractivity contribution in [2.45, 2.75) is 50.7 Å². The van der Waals surface area contributed by atoms with E-state index in [1.165, 1.54) is 0 Å². The Hall–Kier alpha value is -1.27. The van der Waals surface area contributed by atoms with Crippen molar-refractivity contribution in [3.8, 4) is 0 Å². The van der Waals surface area contributed by atoms with Crippen LogP contribution >= 0.6 is 0 Å². The monoisotopic (exact) mass is 277 g/mol. The maximum absolute atomic E-state index is 12.7. The van der Waals surface area contributed by atoms with Crippen LogP contribution in [-0.2, 0) is 0 Å². The molecular weight excluding hydrogens is 259 g/mol. The van der Waals surface area contributed by atoms with Gasteiger partial charge < -0.3 is 4.90 Å². The van der Waals surface area contributed by atoms with Crippen LogP contribution in [0.3, 0.4) is 0 Å². The first kappa shape index (κ1) is 14.1. The standard InChI is InChI=1S/C12H18F3N3O/c1-2-7-18-10(19)17-9(16)11(18)5-3-8(4-6-11)12(13,14)15/h8H,2-7H2,1H3,(H2,16,17,19). The van der Waals surface area contributed by atoms with E-state index >= 15 is 0 Å². The third-order valence-corrected chi connectivity index (χ3v) is 4.18. The summed E-state index contributed by atoms with van der Waals surface area (Å²) in [5.41, 5.74) is -0.825. The van der Waals surface area contributed by atoms with Crippen LogP contribution in [0.5, 0.6) is 0 Å². The Morgan fingerprint density at radius 3 is 2.47 bits per heavy atom. The smallest absolute Gasteiger partial charge is 0.312 e. The van der Waals surface area contributed by atoms with Gasteiger partial charge in [0.05, 0.1) is 5.92 Å². The number of urea groups is 1. The maximum Gasteiger partial charge on any atom is 0.391 e. The SMILES string of the molecule is CCCN1C(=O)NC(=N)C12CCC(C(F)(F)F)CC2. The third kappa shape index (κ3) is 2.30.